The van der Waals surface area contributed by atoms with E-state index >= 15 is 0 Å². The molecule has 334 valence electrons. The van der Waals surface area contributed by atoms with Crippen LogP contribution in [0.5, 0.6) is 11.5 Å². The lowest BCUT2D eigenvalue weighted by Gasteiger charge is -2.28. The second-order valence-corrected chi connectivity index (χ2v) is 13.9. The van der Waals surface area contributed by atoms with Crippen LogP contribution in [0.25, 0.3) is 0 Å². The normalized spacial score (nSPS) is 15.7. The zero-order valence-electron chi connectivity index (χ0n) is 32.8. The van der Waals surface area contributed by atoms with E-state index in [1.54, 1.807) is 24.3 Å². The van der Waals surface area contributed by atoms with Crippen LogP contribution in [0.3, 0.4) is 0 Å². The highest BCUT2D eigenvalue weighted by Gasteiger charge is 2.31. The number of nitrogens with zero attached hydrogens (tertiary/aromatic N) is 2. The molecule has 2 saturated heterocycles. The van der Waals surface area contributed by atoms with Crippen molar-refractivity contribution in [3.8, 4) is 11.5 Å². The molecule has 0 aromatic heterocycles. The summed E-state index contributed by atoms with van der Waals surface area (Å²) in [6.45, 7) is 6.72. The first-order valence-corrected chi connectivity index (χ1v) is 19.2. The zero-order chi connectivity index (χ0) is 43.7. The van der Waals surface area contributed by atoms with Crippen molar-refractivity contribution in [2.24, 2.45) is 0 Å². The van der Waals surface area contributed by atoms with Crippen molar-refractivity contribution in [3.63, 3.8) is 0 Å². The quantitative estimate of drug-likeness (QED) is 0.106. The van der Waals surface area contributed by atoms with Gasteiger partial charge in [-0.15, -0.1) is 12.4 Å². The van der Waals surface area contributed by atoms with Gasteiger partial charge in [-0.2, -0.15) is 26.3 Å². The van der Waals surface area contributed by atoms with Gasteiger partial charge < -0.3 is 29.3 Å². The average molecular weight is 891 g/mol. The molecule has 4 aromatic rings. The van der Waals surface area contributed by atoms with Crippen molar-refractivity contribution in [2.45, 2.75) is 56.7 Å². The van der Waals surface area contributed by atoms with Gasteiger partial charge in [-0.05, 0) is 110 Å². The van der Waals surface area contributed by atoms with Crippen molar-refractivity contribution in [3.05, 3.63) is 131 Å². The predicted octanol–water partition coefficient (Wildman–Crippen LogP) is 10.1. The molecule has 0 radical (unpaired) electrons. The third kappa shape index (κ3) is 17.9. The summed E-state index contributed by atoms with van der Waals surface area (Å²) >= 11 is 0. The van der Waals surface area contributed by atoms with Crippen LogP contribution in [0.1, 0.15) is 66.6 Å². The number of likely N-dealkylation sites (tertiary alicyclic amines) is 1. The van der Waals surface area contributed by atoms with Gasteiger partial charge in [-0.1, -0.05) is 30.7 Å². The highest BCUT2D eigenvalue weighted by molar-refractivity contribution is 6.27. The van der Waals surface area contributed by atoms with Gasteiger partial charge in [0.1, 0.15) is 35.3 Å². The van der Waals surface area contributed by atoms with E-state index in [1.165, 1.54) is 67.8 Å². The molecule has 18 heteroatoms. The summed E-state index contributed by atoms with van der Waals surface area (Å²) in [6, 6.07) is 21.4. The molecule has 2 atom stereocenters. The Kier molecular flexibility index (Phi) is 20.2. The molecule has 0 amide bonds. The van der Waals surface area contributed by atoms with E-state index in [-0.39, 0.29) is 36.2 Å². The Labute approximate surface area is 354 Å². The van der Waals surface area contributed by atoms with Gasteiger partial charge in [-0.3, -0.25) is 4.90 Å². The number of carbonyl (C=O) groups is 2. The number of carboxylic acids is 2. The topological polar surface area (TPSA) is 109 Å². The third-order valence-corrected chi connectivity index (χ3v) is 9.55. The summed E-state index contributed by atoms with van der Waals surface area (Å²) in [6.07, 6.45) is -4.55. The SMILES string of the molecule is Cl.Fc1ccc(C(CCN2CCCCC2)Oc2ccc(C(F)(F)F)cc2)cc1.Fc1ccc(C(CCN2CCOCC2)Oc2ccc(C(F)(F)F)cc2)cc1.O=C(O)C(=O)O. The summed E-state index contributed by atoms with van der Waals surface area (Å²) in [5, 5.41) is 14.8. The molecule has 2 aliphatic heterocycles. The average Bonchev–Trinajstić information content (AvgIpc) is 3.22. The van der Waals surface area contributed by atoms with E-state index in [4.69, 9.17) is 34.0 Å². The van der Waals surface area contributed by atoms with E-state index in [0.717, 1.165) is 74.7 Å². The molecule has 2 aliphatic rings. The van der Waals surface area contributed by atoms with Crippen LogP contribution in [0, 0.1) is 11.6 Å². The molecule has 6 rings (SSSR count). The molecular formula is C43H47ClF8N2O7. The second kappa shape index (κ2) is 24.5. The predicted molar refractivity (Wildman–Crippen MR) is 212 cm³/mol. The molecular weight excluding hydrogens is 844 g/mol. The summed E-state index contributed by atoms with van der Waals surface area (Å²) in [5.41, 5.74) is 0.167. The zero-order valence-corrected chi connectivity index (χ0v) is 33.7. The van der Waals surface area contributed by atoms with E-state index < -0.39 is 35.4 Å². The number of hydrogen-bond acceptors (Lipinski definition) is 7. The van der Waals surface area contributed by atoms with Gasteiger partial charge in [0, 0.05) is 39.0 Å². The Morgan fingerprint density at radius 1 is 0.557 bits per heavy atom. The maximum absolute atomic E-state index is 13.3. The highest BCUT2D eigenvalue weighted by atomic mass is 35.5. The summed E-state index contributed by atoms with van der Waals surface area (Å²) < 4.78 is 120. The standard InChI is InChI=1S/C21H23F4NO.C20H21F4NO2.C2H2O4.ClH/c22-18-8-4-16(5-9-18)20(12-15-26-13-2-1-3-14-26)27-19-10-6-17(7-11-19)21(23,24)25;21-17-5-1-15(2-6-17)19(9-10-25-11-13-26-14-12-25)27-18-7-3-16(4-8-18)20(22,23)24;3-1(4)2(5)6;/h4-11,20H,1-3,12-15H2;1-8,19H,9-14H2;(H,3,4)(H,5,6);1H. The number of hydrogen-bond donors (Lipinski definition) is 2. The van der Waals surface area contributed by atoms with Crippen molar-refractivity contribution in [1.29, 1.82) is 0 Å². The fraction of sp³-hybridized carbons (Fsp3) is 0.395. The van der Waals surface area contributed by atoms with Crippen molar-refractivity contribution >= 4 is 24.3 Å². The number of piperidine rings is 1. The van der Waals surface area contributed by atoms with Crippen LogP contribution in [0.15, 0.2) is 97.1 Å². The van der Waals surface area contributed by atoms with E-state index in [0.29, 0.717) is 37.6 Å². The maximum atomic E-state index is 13.3. The molecule has 9 nitrogen and oxygen atoms in total. The fourth-order valence-electron chi connectivity index (χ4n) is 6.32. The van der Waals surface area contributed by atoms with Crippen LogP contribution in [-0.4, -0.2) is 84.4 Å². The van der Waals surface area contributed by atoms with Crippen LogP contribution in [-0.2, 0) is 26.7 Å². The Hall–Kier alpha value is -4.97. The van der Waals surface area contributed by atoms with E-state index in [9.17, 15) is 35.1 Å². The maximum Gasteiger partial charge on any atom is 0.416 e. The first-order valence-electron chi connectivity index (χ1n) is 19.2. The summed E-state index contributed by atoms with van der Waals surface area (Å²) in [4.78, 5) is 22.8. The minimum atomic E-state index is -4.38. The molecule has 2 N–H and O–H groups in total. The molecule has 0 aliphatic carbocycles. The van der Waals surface area contributed by atoms with Gasteiger partial charge in [0.2, 0.25) is 0 Å². The van der Waals surface area contributed by atoms with Crippen LogP contribution >= 0.6 is 12.4 Å². The monoisotopic (exact) mass is 890 g/mol. The minimum Gasteiger partial charge on any atom is -0.486 e. The Bertz CT molecular complexity index is 1750. The minimum absolute atomic E-state index is 0. The molecule has 0 bridgehead atoms. The van der Waals surface area contributed by atoms with Gasteiger partial charge in [-0.25, -0.2) is 18.4 Å². The van der Waals surface area contributed by atoms with Crippen LogP contribution in [0.4, 0.5) is 35.1 Å². The van der Waals surface area contributed by atoms with Crippen LogP contribution < -0.4 is 9.47 Å². The van der Waals surface area contributed by atoms with Gasteiger partial charge in [0.25, 0.3) is 0 Å². The van der Waals surface area contributed by atoms with E-state index in [2.05, 4.69) is 9.80 Å². The lowest BCUT2D eigenvalue weighted by molar-refractivity contribution is -0.159. The highest BCUT2D eigenvalue weighted by Crippen LogP contribution is 2.34. The Morgan fingerprint density at radius 2 is 0.902 bits per heavy atom. The van der Waals surface area contributed by atoms with Crippen molar-refractivity contribution in [2.75, 3.05) is 52.5 Å². The first kappa shape index (κ1) is 50.4. The lowest BCUT2D eigenvalue weighted by atomic mass is 10.0. The number of morpholine rings is 1. The summed E-state index contributed by atoms with van der Waals surface area (Å²) in [7, 11) is 0. The summed E-state index contributed by atoms with van der Waals surface area (Å²) in [5.74, 6) is -3.61. The molecule has 0 spiro atoms. The molecule has 0 saturated carbocycles. The number of benzene rings is 4. The van der Waals surface area contributed by atoms with Gasteiger partial charge >= 0.3 is 24.3 Å². The van der Waals surface area contributed by atoms with E-state index in [1.807, 2.05) is 0 Å². The number of halogens is 9. The number of rotatable bonds is 12. The smallest absolute Gasteiger partial charge is 0.416 e. The molecule has 61 heavy (non-hydrogen) atoms. The molecule has 4 aromatic carbocycles. The second-order valence-electron chi connectivity index (χ2n) is 13.9. The number of alkyl halides is 6. The largest absolute Gasteiger partial charge is 0.486 e. The Balaban J connectivity index is 0.000000283. The van der Waals surface area contributed by atoms with Gasteiger partial charge in [0.05, 0.1) is 24.3 Å². The number of ether oxygens (including phenoxy) is 3. The van der Waals surface area contributed by atoms with Crippen molar-refractivity contribution < 1.29 is 69.1 Å². The van der Waals surface area contributed by atoms with Gasteiger partial charge in [0.15, 0.2) is 0 Å². The number of carboxylic acid groups (broad SMARTS) is 2. The fourth-order valence-corrected chi connectivity index (χ4v) is 6.32. The third-order valence-electron chi connectivity index (χ3n) is 9.55. The molecule has 2 heterocycles. The first-order chi connectivity index (χ1) is 28.5. The molecule has 2 fully saturated rings. The molecule has 2 unspecified atom stereocenters. The van der Waals surface area contributed by atoms with Crippen molar-refractivity contribution in [1.82, 2.24) is 9.80 Å². The number of aliphatic carboxylic acids is 2. The van der Waals surface area contributed by atoms with Crippen LogP contribution in [0.2, 0.25) is 0 Å². The lowest BCUT2D eigenvalue weighted by Crippen LogP contribution is -2.37. The Morgan fingerprint density at radius 3 is 1.23 bits per heavy atom.